The van der Waals surface area contributed by atoms with E-state index >= 15 is 0 Å². The number of fused-ring (bicyclic) bond motifs is 1. The topological polar surface area (TPSA) is 82.7 Å². The standard InChI is InChI=1S/C19H23N3O4/c1-19(2,3)26-18(25)22-10-8-21(9-11-22)17(24)14-12-16(23)20-15-7-5-4-6-13(14)15/h4-7,12H,8-11H2,1-3H3,(H,20,23). The van der Waals surface area contributed by atoms with Crippen molar-refractivity contribution in [2.45, 2.75) is 26.4 Å². The van der Waals surface area contributed by atoms with E-state index in [0.29, 0.717) is 42.6 Å². The molecule has 1 aliphatic heterocycles. The summed E-state index contributed by atoms with van der Waals surface area (Å²) in [5.74, 6) is -0.198. The molecule has 0 spiro atoms. The lowest BCUT2D eigenvalue weighted by molar-refractivity contribution is 0.0141. The molecule has 1 fully saturated rings. The van der Waals surface area contributed by atoms with E-state index in [2.05, 4.69) is 4.98 Å². The van der Waals surface area contributed by atoms with E-state index < -0.39 is 5.60 Å². The molecule has 2 amide bonds. The van der Waals surface area contributed by atoms with Crippen molar-refractivity contribution in [2.24, 2.45) is 0 Å². The number of H-pyrrole nitrogens is 1. The van der Waals surface area contributed by atoms with Crippen LogP contribution >= 0.6 is 0 Å². The van der Waals surface area contributed by atoms with Gasteiger partial charge < -0.3 is 19.5 Å². The van der Waals surface area contributed by atoms with Crippen molar-refractivity contribution in [2.75, 3.05) is 26.2 Å². The summed E-state index contributed by atoms with van der Waals surface area (Å²) in [4.78, 5) is 42.9. The van der Waals surface area contributed by atoms with Gasteiger partial charge >= 0.3 is 6.09 Å². The van der Waals surface area contributed by atoms with Crippen LogP contribution in [0, 0.1) is 0 Å². The normalized spacial score (nSPS) is 15.2. The molecule has 0 bridgehead atoms. The second kappa shape index (κ2) is 6.82. The van der Waals surface area contributed by atoms with Crippen molar-refractivity contribution in [1.82, 2.24) is 14.8 Å². The highest BCUT2D eigenvalue weighted by atomic mass is 16.6. The summed E-state index contributed by atoms with van der Waals surface area (Å²) in [5, 5.41) is 0.715. The molecule has 1 saturated heterocycles. The smallest absolute Gasteiger partial charge is 0.410 e. The number of piperazine rings is 1. The predicted molar refractivity (Wildman–Crippen MR) is 98.3 cm³/mol. The van der Waals surface area contributed by atoms with Gasteiger partial charge in [0.2, 0.25) is 5.56 Å². The van der Waals surface area contributed by atoms with Crippen molar-refractivity contribution < 1.29 is 14.3 Å². The molecule has 26 heavy (non-hydrogen) atoms. The van der Waals surface area contributed by atoms with Gasteiger partial charge in [0.25, 0.3) is 5.91 Å². The first-order valence-electron chi connectivity index (χ1n) is 8.64. The number of nitrogens with one attached hydrogen (secondary N) is 1. The molecule has 138 valence electrons. The van der Waals surface area contributed by atoms with Crippen LogP contribution in [-0.2, 0) is 4.74 Å². The van der Waals surface area contributed by atoms with Gasteiger partial charge in [-0.1, -0.05) is 18.2 Å². The molecular formula is C19H23N3O4. The predicted octanol–water partition coefficient (Wildman–Crippen LogP) is 2.22. The maximum absolute atomic E-state index is 12.9. The Labute approximate surface area is 151 Å². The van der Waals surface area contributed by atoms with Crippen molar-refractivity contribution in [1.29, 1.82) is 0 Å². The number of benzene rings is 1. The van der Waals surface area contributed by atoms with Crippen LogP contribution in [0.4, 0.5) is 4.79 Å². The fourth-order valence-corrected chi connectivity index (χ4v) is 2.97. The third-order valence-corrected chi connectivity index (χ3v) is 4.20. The van der Waals surface area contributed by atoms with Crippen LogP contribution in [0.2, 0.25) is 0 Å². The average Bonchev–Trinajstić information content (AvgIpc) is 2.59. The van der Waals surface area contributed by atoms with Gasteiger partial charge in [0.05, 0.1) is 5.56 Å². The van der Waals surface area contributed by atoms with Gasteiger partial charge in [0.1, 0.15) is 5.60 Å². The molecule has 7 heteroatoms. The number of pyridine rings is 1. The molecule has 0 radical (unpaired) electrons. The summed E-state index contributed by atoms with van der Waals surface area (Å²) >= 11 is 0. The van der Waals surface area contributed by atoms with Crippen LogP contribution in [0.25, 0.3) is 10.9 Å². The van der Waals surface area contributed by atoms with E-state index in [1.165, 1.54) is 6.07 Å². The molecule has 1 N–H and O–H groups in total. The van der Waals surface area contributed by atoms with Gasteiger partial charge in [0, 0.05) is 43.1 Å². The Morgan fingerprint density at radius 1 is 1.04 bits per heavy atom. The number of hydrogen-bond acceptors (Lipinski definition) is 4. The number of para-hydroxylation sites is 1. The zero-order valence-electron chi connectivity index (χ0n) is 15.2. The first-order chi connectivity index (χ1) is 12.2. The summed E-state index contributed by atoms with van der Waals surface area (Å²) in [6.45, 7) is 7.08. The lowest BCUT2D eigenvalue weighted by atomic mass is 10.1. The van der Waals surface area contributed by atoms with Crippen LogP contribution in [0.3, 0.4) is 0 Å². The first kappa shape index (κ1) is 18.0. The minimum atomic E-state index is -0.548. The third kappa shape index (κ3) is 3.87. The third-order valence-electron chi connectivity index (χ3n) is 4.20. The lowest BCUT2D eigenvalue weighted by Crippen LogP contribution is -2.51. The molecule has 1 aromatic heterocycles. The van der Waals surface area contributed by atoms with E-state index in [1.807, 2.05) is 39.0 Å². The van der Waals surface area contributed by atoms with Gasteiger partial charge in [-0.25, -0.2) is 4.79 Å². The average molecular weight is 357 g/mol. The first-order valence-corrected chi connectivity index (χ1v) is 8.64. The number of rotatable bonds is 1. The Bertz CT molecular complexity index is 890. The Kier molecular flexibility index (Phi) is 4.71. The Hall–Kier alpha value is -2.83. The number of amides is 2. The minimum absolute atomic E-state index is 0.198. The van der Waals surface area contributed by atoms with Crippen molar-refractivity contribution in [3.05, 3.63) is 46.2 Å². The molecule has 2 heterocycles. The summed E-state index contributed by atoms with van der Waals surface area (Å²) in [6.07, 6.45) is -0.369. The summed E-state index contributed by atoms with van der Waals surface area (Å²) in [7, 11) is 0. The highest BCUT2D eigenvalue weighted by Crippen LogP contribution is 2.18. The Morgan fingerprint density at radius 3 is 2.31 bits per heavy atom. The van der Waals surface area contributed by atoms with Gasteiger partial charge in [-0.05, 0) is 26.8 Å². The highest BCUT2D eigenvalue weighted by Gasteiger charge is 2.28. The molecule has 7 nitrogen and oxygen atoms in total. The van der Waals surface area contributed by atoms with E-state index in [4.69, 9.17) is 4.74 Å². The fourth-order valence-electron chi connectivity index (χ4n) is 2.97. The number of carbonyl (C=O) groups is 2. The van der Waals surface area contributed by atoms with Gasteiger partial charge in [-0.3, -0.25) is 9.59 Å². The van der Waals surface area contributed by atoms with Crippen LogP contribution in [0.1, 0.15) is 31.1 Å². The van der Waals surface area contributed by atoms with E-state index in [-0.39, 0.29) is 17.6 Å². The Balaban J connectivity index is 1.74. The largest absolute Gasteiger partial charge is 0.444 e. The zero-order chi connectivity index (χ0) is 18.9. The van der Waals surface area contributed by atoms with Crippen molar-refractivity contribution in [3.63, 3.8) is 0 Å². The molecular weight excluding hydrogens is 334 g/mol. The minimum Gasteiger partial charge on any atom is -0.444 e. The number of nitrogens with zero attached hydrogens (tertiary/aromatic N) is 2. The summed E-state index contributed by atoms with van der Waals surface area (Å²) < 4.78 is 5.37. The molecule has 1 aliphatic rings. The van der Waals surface area contributed by atoms with Crippen molar-refractivity contribution >= 4 is 22.9 Å². The van der Waals surface area contributed by atoms with Crippen molar-refractivity contribution in [3.8, 4) is 0 Å². The maximum atomic E-state index is 12.9. The number of hydrogen-bond donors (Lipinski definition) is 1. The zero-order valence-corrected chi connectivity index (χ0v) is 15.2. The van der Waals surface area contributed by atoms with E-state index in [1.54, 1.807) is 15.9 Å². The Morgan fingerprint density at radius 2 is 1.65 bits per heavy atom. The van der Waals surface area contributed by atoms with Crippen LogP contribution in [0.15, 0.2) is 35.1 Å². The van der Waals surface area contributed by atoms with Gasteiger partial charge in [-0.2, -0.15) is 0 Å². The fraction of sp³-hybridized carbons (Fsp3) is 0.421. The van der Waals surface area contributed by atoms with Gasteiger partial charge in [0.15, 0.2) is 0 Å². The van der Waals surface area contributed by atoms with E-state index in [0.717, 1.165) is 0 Å². The highest BCUT2D eigenvalue weighted by molar-refractivity contribution is 6.06. The lowest BCUT2D eigenvalue weighted by Gasteiger charge is -2.35. The van der Waals surface area contributed by atoms with Crippen LogP contribution < -0.4 is 5.56 Å². The summed E-state index contributed by atoms with van der Waals surface area (Å²) in [6, 6.07) is 8.57. The van der Waals surface area contributed by atoms with Crippen LogP contribution in [0.5, 0.6) is 0 Å². The molecule has 0 unspecified atom stereocenters. The molecule has 3 rings (SSSR count). The maximum Gasteiger partial charge on any atom is 0.410 e. The quantitative estimate of drug-likeness (QED) is 0.848. The molecule has 2 aromatic rings. The monoisotopic (exact) mass is 357 g/mol. The van der Waals surface area contributed by atoms with Gasteiger partial charge in [-0.15, -0.1) is 0 Å². The summed E-state index contributed by atoms with van der Waals surface area (Å²) in [5.41, 5.74) is 0.166. The number of aromatic amines is 1. The number of carbonyl (C=O) groups excluding carboxylic acids is 2. The second-order valence-electron chi connectivity index (χ2n) is 7.35. The number of ether oxygens (including phenoxy) is 1. The second-order valence-corrected chi connectivity index (χ2v) is 7.35. The molecule has 0 saturated carbocycles. The SMILES string of the molecule is CC(C)(C)OC(=O)N1CCN(C(=O)c2cc(=O)[nH]c3ccccc23)CC1. The number of aromatic nitrogens is 1. The molecule has 1 aromatic carbocycles. The molecule has 0 aliphatic carbocycles. The van der Waals surface area contributed by atoms with E-state index in [9.17, 15) is 14.4 Å². The molecule has 0 atom stereocenters. The van der Waals surface area contributed by atoms with Crippen LogP contribution in [-0.4, -0.2) is 58.6 Å².